The van der Waals surface area contributed by atoms with Crippen molar-refractivity contribution < 1.29 is 13.2 Å². The van der Waals surface area contributed by atoms with Gasteiger partial charge in [0.25, 0.3) is 10.0 Å². The molecule has 0 unspecified atom stereocenters. The monoisotopic (exact) mass is 387 g/mol. The average molecular weight is 387 g/mol. The van der Waals surface area contributed by atoms with Crippen LogP contribution in [0.5, 0.6) is 0 Å². The van der Waals surface area contributed by atoms with Gasteiger partial charge in [-0.05, 0) is 43.3 Å². The number of nitrogens with zero attached hydrogens (tertiary/aromatic N) is 1. The number of nitrogens with one attached hydrogen (secondary N) is 2. The minimum Gasteiger partial charge on any atom is -0.326 e. The number of carbonyl (C=O) groups excluding carboxylic acids is 1. The normalized spacial score (nSPS) is 11.2. The number of aromatic nitrogens is 1. The highest BCUT2D eigenvalue weighted by Gasteiger charge is 2.14. The van der Waals surface area contributed by atoms with E-state index in [9.17, 15) is 13.2 Å². The van der Waals surface area contributed by atoms with Crippen molar-refractivity contribution in [2.24, 2.45) is 0 Å². The van der Waals surface area contributed by atoms with Crippen molar-refractivity contribution in [3.8, 4) is 11.3 Å². The Kier molecular flexibility index (Phi) is 5.06. The summed E-state index contributed by atoms with van der Waals surface area (Å²) in [4.78, 5) is 15.5. The average Bonchev–Trinajstić information content (AvgIpc) is 3.01. The van der Waals surface area contributed by atoms with Crippen LogP contribution in [0, 0.1) is 6.92 Å². The third-order valence-electron chi connectivity index (χ3n) is 3.54. The number of rotatable bonds is 5. The van der Waals surface area contributed by atoms with Crippen LogP contribution in [0.1, 0.15) is 11.9 Å². The van der Waals surface area contributed by atoms with Gasteiger partial charge < -0.3 is 5.32 Å². The highest BCUT2D eigenvalue weighted by Crippen LogP contribution is 2.24. The second-order valence-electron chi connectivity index (χ2n) is 5.64. The zero-order valence-electron chi connectivity index (χ0n) is 14.2. The minimum absolute atomic E-state index is 0.116. The molecule has 0 spiro atoms. The van der Waals surface area contributed by atoms with E-state index < -0.39 is 10.0 Å². The molecule has 1 aromatic heterocycles. The SMILES string of the molecule is CC(=O)Nc1ccc(S(=O)(=O)Nc2ccc(-c3csc(C)n3)cc2)cc1. The van der Waals surface area contributed by atoms with Crippen molar-refractivity contribution >= 4 is 38.6 Å². The van der Waals surface area contributed by atoms with Crippen molar-refractivity contribution in [2.45, 2.75) is 18.7 Å². The van der Waals surface area contributed by atoms with Crippen LogP contribution in [0.4, 0.5) is 11.4 Å². The van der Waals surface area contributed by atoms with Crippen molar-refractivity contribution in [3.63, 3.8) is 0 Å². The molecule has 134 valence electrons. The fourth-order valence-corrected chi connectivity index (χ4v) is 4.02. The molecule has 26 heavy (non-hydrogen) atoms. The first kappa shape index (κ1) is 18.1. The molecule has 0 fully saturated rings. The maximum atomic E-state index is 12.5. The van der Waals surface area contributed by atoms with Crippen LogP contribution in [-0.4, -0.2) is 19.3 Å². The van der Waals surface area contributed by atoms with Gasteiger partial charge in [-0.15, -0.1) is 11.3 Å². The standard InChI is InChI=1S/C18H17N3O3S2/c1-12(22)19-15-7-9-17(10-8-15)26(23,24)21-16-5-3-14(4-6-16)18-11-25-13(2)20-18/h3-11,21H,1-2H3,(H,19,22). The van der Waals surface area contributed by atoms with E-state index in [-0.39, 0.29) is 10.8 Å². The lowest BCUT2D eigenvalue weighted by molar-refractivity contribution is -0.114. The molecule has 3 aromatic rings. The predicted molar refractivity (Wildman–Crippen MR) is 104 cm³/mol. The molecular formula is C18H17N3O3S2. The summed E-state index contributed by atoms with van der Waals surface area (Å²) in [6, 6.07) is 13.0. The number of anilines is 2. The summed E-state index contributed by atoms with van der Waals surface area (Å²) in [5, 5.41) is 5.54. The van der Waals surface area contributed by atoms with Gasteiger partial charge in [-0.2, -0.15) is 0 Å². The number of benzene rings is 2. The number of amides is 1. The summed E-state index contributed by atoms with van der Waals surface area (Å²) in [6.45, 7) is 3.33. The molecule has 6 nitrogen and oxygen atoms in total. The Hall–Kier alpha value is -2.71. The van der Waals surface area contributed by atoms with Crippen LogP contribution in [0.25, 0.3) is 11.3 Å². The van der Waals surface area contributed by atoms with Crippen molar-refractivity contribution in [2.75, 3.05) is 10.0 Å². The lowest BCUT2D eigenvalue weighted by Gasteiger charge is -2.09. The first-order valence-electron chi connectivity index (χ1n) is 7.76. The number of thiazole rings is 1. The molecule has 2 N–H and O–H groups in total. The Balaban J connectivity index is 1.75. The molecule has 0 saturated heterocycles. The molecule has 3 rings (SSSR count). The third-order valence-corrected chi connectivity index (χ3v) is 5.71. The van der Waals surface area contributed by atoms with Gasteiger partial charge in [0.15, 0.2) is 0 Å². The first-order chi connectivity index (χ1) is 12.3. The van der Waals surface area contributed by atoms with Crippen molar-refractivity contribution in [1.29, 1.82) is 0 Å². The topological polar surface area (TPSA) is 88.2 Å². The Labute approximate surface area is 156 Å². The molecular weight excluding hydrogens is 370 g/mol. The van der Waals surface area contributed by atoms with E-state index in [2.05, 4.69) is 15.0 Å². The second-order valence-corrected chi connectivity index (χ2v) is 8.38. The minimum atomic E-state index is -3.71. The fourth-order valence-electron chi connectivity index (χ4n) is 2.34. The van der Waals surface area contributed by atoms with E-state index >= 15 is 0 Å². The van der Waals surface area contributed by atoms with Crippen LogP contribution in [0.15, 0.2) is 58.8 Å². The molecule has 1 amide bonds. The van der Waals surface area contributed by atoms with E-state index in [1.165, 1.54) is 19.1 Å². The van der Waals surface area contributed by atoms with Gasteiger partial charge in [-0.3, -0.25) is 9.52 Å². The smallest absolute Gasteiger partial charge is 0.261 e. The summed E-state index contributed by atoms with van der Waals surface area (Å²) in [7, 11) is -3.71. The number of carbonyl (C=O) groups is 1. The molecule has 0 bridgehead atoms. The molecule has 8 heteroatoms. The van der Waals surface area contributed by atoms with Gasteiger partial charge in [0.1, 0.15) is 0 Å². The molecule has 0 aliphatic heterocycles. The van der Waals surface area contributed by atoms with Gasteiger partial charge >= 0.3 is 0 Å². The van der Waals surface area contributed by atoms with Gasteiger partial charge in [0.2, 0.25) is 5.91 Å². The van der Waals surface area contributed by atoms with E-state index in [0.717, 1.165) is 16.3 Å². The van der Waals surface area contributed by atoms with Gasteiger partial charge in [-0.25, -0.2) is 13.4 Å². The van der Waals surface area contributed by atoms with Gasteiger partial charge in [-0.1, -0.05) is 12.1 Å². The van der Waals surface area contributed by atoms with Crippen molar-refractivity contribution in [3.05, 3.63) is 58.9 Å². The van der Waals surface area contributed by atoms with Crippen LogP contribution >= 0.6 is 11.3 Å². The fraction of sp³-hybridized carbons (Fsp3) is 0.111. The number of aryl methyl sites for hydroxylation is 1. The highest BCUT2D eigenvalue weighted by atomic mass is 32.2. The Morgan fingerprint density at radius 3 is 2.15 bits per heavy atom. The molecule has 2 aromatic carbocycles. The van der Waals surface area contributed by atoms with Gasteiger partial charge in [0, 0.05) is 29.2 Å². The lowest BCUT2D eigenvalue weighted by atomic mass is 10.1. The molecule has 0 aliphatic carbocycles. The lowest BCUT2D eigenvalue weighted by Crippen LogP contribution is -2.13. The summed E-state index contributed by atoms with van der Waals surface area (Å²) in [5.74, 6) is -0.214. The van der Waals surface area contributed by atoms with Crippen LogP contribution in [0.2, 0.25) is 0 Å². The molecule has 0 aliphatic rings. The van der Waals surface area contributed by atoms with Gasteiger partial charge in [0.05, 0.1) is 15.6 Å². The van der Waals surface area contributed by atoms with Crippen molar-refractivity contribution in [1.82, 2.24) is 4.98 Å². The van der Waals surface area contributed by atoms with E-state index in [4.69, 9.17) is 0 Å². The van der Waals surface area contributed by atoms with Crippen LogP contribution in [0.3, 0.4) is 0 Å². The molecule has 0 radical (unpaired) electrons. The molecule has 0 atom stereocenters. The summed E-state index contributed by atoms with van der Waals surface area (Å²) in [6.07, 6.45) is 0. The summed E-state index contributed by atoms with van der Waals surface area (Å²) >= 11 is 1.57. The highest BCUT2D eigenvalue weighted by molar-refractivity contribution is 7.92. The number of hydrogen-bond donors (Lipinski definition) is 2. The number of hydrogen-bond acceptors (Lipinski definition) is 5. The first-order valence-corrected chi connectivity index (χ1v) is 10.1. The summed E-state index contributed by atoms with van der Waals surface area (Å²) in [5.41, 5.74) is 2.80. The van der Waals surface area contributed by atoms with E-state index in [1.54, 1.807) is 35.6 Å². The quantitative estimate of drug-likeness (QED) is 0.695. The zero-order chi connectivity index (χ0) is 18.7. The second kappa shape index (κ2) is 7.27. The maximum absolute atomic E-state index is 12.5. The third kappa shape index (κ3) is 4.27. The largest absolute Gasteiger partial charge is 0.326 e. The van der Waals surface area contributed by atoms with Crippen LogP contribution < -0.4 is 10.0 Å². The Morgan fingerprint density at radius 1 is 1.00 bits per heavy atom. The predicted octanol–water partition coefficient (Wildman–Crippen LogP) is 3.88. The molecule has 0 saturated carbocycles. The van der Waals surface area contributed by atoms with E-state index in [1.807, 2.05) is 24.4 Å². The molecule has 1 heterocycles. The summed E-state index contributed by atoms with van der Waals surface area (Å²) < 4.78 is 27.5. The number of sulfonamides is 1. The van der Waals surface area contributed by atoms with E-state index in [0.29, 0.717) is 11.4 Å². The Morgan fingerprint density at radius 2 is 1.62 bits per heavy atom. The maximum Gasteiger partial charge on any atom is 0.261 e. The Bertz CT molecular complexity index is 1020. The van der Waals surface area contributed by atoms with Crippen LogP contribution in [-0.2, 0) is 14.8 Å². The zero-order valence-corrected chi connectivity index (χ0v) is 15.8.